The molecule has 0 aliphatic carbocycles. The maximum Gasteiger partial charge on any atom is 0.0761 e. The molecule has 0 aliphatic rings. The Morgan fingerprint density at radius 2 is 1.44 bits per heavy atom. The van der Waals surface area contributed by atoms with Crippen LogP contribution in [0.2, 0.25) is 0 Å². The molecule has 2 heteroatoms. The number of hydrogen-bond acceptors (Lipinski definition) is 2. The number of hydrogen-bond donors (Lipinski definition) is 1. The van der Waals surface area contributed by atoms with Gasteiger partial charge in [0.25, 0.3) is 0 Å². The highest BCUT2D eigenvalue weighted by atomic mass is 32.2. The summed E-state index contributed by atoms with van der Waals surface area (Å²) in [5.74, 6) is 0. The lowest BCUT2D eigenvalue weighted by molar-refractivity contribution is 0.199. The van der Waals surface area contributed by atoms with Gasteiger partial charge in [-0.05, 0) is 36.8 Å². The molecule has 0 bridgehead atoms. The Labute approximate surface area is 100 Å². The van der Waals surface area contributed by atoms with Crippen LogP contribution in [0, 0.1) is 0 Å². The molecule has 0 spiro atoms. The molecule has 0 fully saturated rings. The van der Waals surface area contributed by atoms with E-state index in [1.165, 1.54) is 9.79 Å². The highest BCUT2D eigenvalue weighted by molar-refractivity contribution is 7.99. The van der Waals surface area contributed by atoms with Crippen LogP contribution in [0.5, 0.6) is 0 Å². The molecule has 1 N–H and O–H groups in total. The number of rotatable bonds is 3. The van der Waals surface area contributed by atoms with Crippen molar-refractivity contribution in [2.75, 3.05) is 0 Å². The summed E-state index contributed by atoms with van der Waals surface area (Å²) in [5.41, 5.74) is 0.956. The third-order valence-corrected chi connectivity index (χ3v) is 3.36. The summed E-state index contributed by atoms with van der Waals surface area (Å²) in [7, 11) is 0. The SMILES string of the molecule is CC(O)c1ccc(Sc2ccccc2)cc1. The van der Waals surface area contributed by atoms with E-state index in [-0.39, 0.29) is 0 Å². The van der Waals surface area contributed by atoms with Crippen LogP contribution in [0.25, 0.3) is 0 Å². The number of aliphatic hydroxyl groups excluding tert-OH is 1. The molecule has 2 aromatic carbocycles. The first-order valence-electron chi connectivity index (χ1n) is 5.26. The van der Waals surface area contributed by atoms with Gasteiger partial charge in [0.15, 0.2) is 0 Å². The molecule has 2 aromatic rings. The fourth-order valence-corrected chi connectivity index (χ4v) is 2.28. The summed E-state index contributed by atoms with van der Waals surface area (Å²) in [5, 5.41) is 9.40. The molecular formula is C14H14OS. The van der Waals surface area contributed by atoms with E-state index < -0.39 is 6.10 Å². The minimum Gasteiger partial charge on any atom is -0.389 e. The van der Waals surface area contributed by atoms with Crippen molar-refractivity contribution in [1.82, 2.24) is 0 Å². The van der Waals surface area contributed by atoms with Crippen LogP contribution in [0.4, 0.5) is 0 Å². The topological polar surface area (TPSA) is 20.2 Å². The first-order chi connectivity index (χ1) is 7.75. The molecule has 82 valence electrons. The summed E-state index contributed by atoms with van der Waals surface area (Å²) in [6, 6.07) is 18.3. The number of aliphatic hydroxyl groups is 1. The van der Waals surface area contributed by atoms with Gasteiger partial charge in [-0.3, -0.25) is 0 Å². The molecule has 0 radical (unpaired) electrons. The average Bonchev–Trinajstić information content (AvgIpc) is 2.31. The second kappa shape index (κ2) is 5.19. The second-order valence-corrected chi connectivity index (χ2v) is 4.81. The zero-order chi connectivity index (χ0) is 11.4. The third kappa shape index (κ3) is 2.87. The predicted octanol–water partition coefficient (Wildman–Crippen LogP) is 3.89. The first kappa shape index (κ1) is 11.2. The summed E-state index contributed by atoms with van der Waals surface area (Å²) < 4.78 is 0. The predicted molar refractivity (Wildman–Crippen MR) is 67.6 cm³/mol. The minimum atomic E-state index is -0.393. The maximum absolute atomic E-state index is 9.40. The largest absolute Gasteiger partial charge is 0.389 e. The van der Waals surface area contributed by atoms with Crippen LogP contribution >= 0.6 is 11.8 Å². The lowest BCUT2D eigenvalue weighted by atomic mass is 10.1. The molecule has 1 nitrogen and oxygen atoms in total. The Morgan fingerprint density at radius 1 is 0.875 bits per heavy atom. The molecule has 0 saturated heterocycles. The quantitative estimate of drug-likeness (QED) is 0.863. The van der Waals surface area contributed by atoms with E-state index >= 15 is 0 Å². The Kier molecular flexibility index (Phi) is 3.65. The Morgan fingerprint density at radius 3 is 2.00 bits per heavy atom. The van der Waals surface area contributed by atoms with Crippen LogP contribution in [-0.2, 0) is 0 Å². The van der Waals surface area contributed by atoms with Crippen molar-refractivity contribution in [1.29, 1.82) is 0 Å². The van der Waals surface area contributed by atoms with E-state index in [4.69, 9.17) is 0 Å². The van der Waals surface area contributed by atoms with Crippen molar-refractivity contribution in [3.05, 3.63) is 60.2 Å². The Hall–Kier alpha value is -1.25. The molecule has 0 aromatic heterocycles. The molecule has 2 rings (SSSR count). The van der Waals surface area contributed by atoms with Gasteiger partial charge in [-0.2, -0.15) is 0 Å². The molecule has 0 amide bonds. The van der Waals surface area contributed by atoms with Gasteiger partial charge in [-0.25, -0.2) is 0 Å². The molecule has 16 heavy (non-hydrogen) atoms. The van der Waals surface area contributed by atoms with Crippen LogP contribution < -0.4 is 0 Å². The Bertz CT molecular complexity index is 434. The van der Waals surface area contributed by atoms with Crippen LogP contribution in [0.3, 0.4) is 0 Å². The molecule has 0 saturated carbocycles. The van der Waals surface area contributed by atoms with Crippen molar-refractivity contribution in [3.8, 4) is 0 Å². The van der Waals surface area contributed by atoms with Gasteiger partial charge in [0.2, 0.25) is 0 Å². The monoisotopic (exact) mass is 230 g/mol. The zero-order valence-electron chi connectivity index (χ0n) is 9.13. The minimum absolute atomic E-state index is 0.393. The lowest BCUT2D eigenvalue weighted by Crippen LogP contribution is -1.89. The average molecular weight is 230 g/mol. The van der Waals surface area contributed by atoms with Crippen LogP contribution in [0.15, 0.2) is 64.4 Å². The maximum atomic E-state index is 9.40. The van der Waals surface area contributed by atoms with Gasteiger partial charge in [0.05, 0.1) is 6.10 Å². The summed E-state index contributed by atoms with van der Waals surface area (Å²) in [6.07, 6.45) is -0.393. The van der Waals surface area contributed by atoms with E-state index in [0.717, 1.165) is 5.56 Å². The molecular weight excluding hydrogens is 216 g/mol. The van der Waals surface area contributed by atoms with E-state index in [1.807, 2.05) is 42.5 Å². The summed E-state index contributed by atoms with van der Waals surface area (Å²) >= 11 is 1.73. The van der Waals surface area contributed by atoms with Crippen molar-refractivity contribution in [2.24, 2.45) is 0 Å². The lowest BCUT2D eigenvalue weighted by Gasteiger charge is -2.06. The van der Waals surface area contributed by atoms with E-state index in [2.05, 4.69) is 12.1 Å². The van der Waals surface area contributed by atoms with Gasteiger partial charge < -0.3 is 5.11 Å². The van der Waals surface area contributed by atoms with Gasteiger partial charge in [-0.15, -0.1) is 0 Å². The molecule has 0 heterocycles. The van der Waals surface area contributed by atoms with Crippen LogP contribution in [-0.4, -0.2) is 5.11 Å². The molecule has 0 aliphatic heterocycles. The van der Waals surface area contributed by atoms with Gasteiger partial charge in [-0.1, -0.05) is 42.1 Å². The van der Waals surface area contributed by atoms with Gasteiger partial charge >= 0.3 is 0 Å². The summed E-state index contributed by atoms with van der Waals surface area (Å²) in [6.45, 7) is 1.78. The van der Waals surface area contributed by atoms with Crippen molar-refractivity contribution in [3.63, 3.8) is 0 Å². The van der Waals surface area contributed by atoms with Crippen molar-refractivity contribution >= 4 is 11.8 Å². The van der Waals surface area contributed by atoms with Gasteiger partial charge in [0.1, 0.15) is 0 Å². The second-order valence-electron chi connectivity index (χ2n) is 3.66. The van der Waals surface area contributed by atoms with E-state index in [9.17, 15) is 5.11 Å². The highest BCUT2D eigenvalue weighted by Gasteiger charge is 2.01. The number of benzene rings is 2. The zero-order valence-corrected chi connectivity index (χ0v) is 9.95. The van der Waals surface area contributed by atoms with Crippen LogP contribution in [0.1, 0.15) is 18.6 Å². The Balaban J connectivity index is 2.11. The summed E-state index contributed by atoms with van der Waals surface area (Å²) in [4.78, 5) is 2.42. The standard InChI is InChI=1S/C14H14OS/c1-11(15)12-7-9-14(10-8-12)16-13-5-3-2-4-6-13/h2-11,15H,1H3. The molecule has 1 atom stereocenters. The molecule has 1 unspecified atom stereocenters. The first-order valence-corrected chi connectivity index (χ1v) is 6.08. The third-order valence-electron chi connectivity index (χ3n) is 2.34. The van der Waals surface area contributed by atoms with Crippen molar-refractivity contribution in [2.45, 2.75) is 22.8 Å². The van der Waals surface area contributed by atoms with Gasteiger partial charge in [0, 0.05) is 9.79 Å². The van der Waals surface area contributed by atoms with Crippen molar-refractivity contribution < 1.29 is 5.11 Å². The normalized spacial score (nSPS) is 12.4. The fourth-order valence-electron chi connectivity index (χ4n) is 1.44. The fraction of sp³-hybridized carbons (Fsp3) is 0.143. The highest BCUT2D eigenvalue weighted by Crippen LogP contribution is 2.28. The smallest absolute Gasteiger partial charge is 0.0761 e. The van der Waals surface area contributed by atoms with E-state index in [0.29, 0.717) is 0 Å². The van der Waals surface area contributed by atoms with E-state index in [1.54, 1.807) is 18.7 Å².